The van der Waals surface area contributed by atoms with Crippen molar-refractivity contribution in [3.8, 4) is 5.75 Å². The third kappa shape index (κ3) is 3.42. The van der Waals surface area contributed by atoms with E-state index in [1.165, 1.54) is 29.4 Å². The smallest absolute Gasteiger partial charge is 0.406 e. The van der Waals surface area contributed by atoms with Crippen molar-refractivity contribution in [2.24, 2.45) is 7.05 Å². The van der Waals surface area contributed by atoms with Gasteiger partial charge in [0.15, 0.2) is 5.65 Å². The summed E-state index contributed by atoms with van der Waals surface area (Å²) in [5.41, 5.74) is 0.960. The number of hydrogen-bond acceptors (Lipinski definition) is 6. The van der Waals surface area contributed by atoms with E-state index in [9.17, 15) is 18.0 Å². The molecule has 0 bridgehead atoms. The summed E-state index contributed by atoms with van der Waals surface area (Å²) in [6.07, 6.45) is -1.34. The molecule has 1 aliphatic heterocycles. The van der Waals surface area contributed by atoms with Gasteiger partial charge in [0.2, 0.25) is 5.91 Å². The van der Waals surface area contributed by atoms with Crippen molar-refractivity contribution in [3.05, 3.63) is 36.8 Å². The van der Waals surface area contributed by atoms with E-state index < -0.39 is 12.4 Å². The minimum absolute atomic E-state index is 0.264. The molecule has 1 aromatic carbocycles. The van der Waals surface area contributed by atoms with Gasteiger partial charge in [-0.15, -0.1) is 13.2 Å². The third-order valence-corrected chi connectivity index (χ3v) is 4.41. The van der Waals surface area contributed by atoms with E-state index in [0.717, 1.165) is 0 Å². The monoisotopic (exact) mass is 392 g/mol. The Morgan fingerprint density at radius 2 is 2.11 bits per heavy atom. The van der Waals surface area contributed by atoms with Crippen LogP contribution in [0.4, 0.5) is 24.7 Å². The second-order valence-corrected chi connectivity index (χ2v) is 6.25. The van der Waals surface area contributed by atoms with Crippen molar-refractivity contribution in [1.29, 1.82) is 0 Å². The van der Waals surface area contributed by atoms with Crippen LogP contribution >= 0.6 is 0 Å². The second kappa shape index (κ2) is 6.66. The van der Waals surface area contributed by atoms with Gasteiger partial charge < -0.3 is 15.0 Å². The fourth-order valence-electron chi connectivity index (χ4n) is 3.16. The lowest BCUT2D eigenvalue weighted by molar-refractivity contribution is -0.274. The summed E-state index contributed by atoms with van der Waals surface area (Å²) in [5, 5.41) is 7.89. The van der Waals surface area contributed by atoms with E-state index >= 15 is 0 Å². The Morgan fingerprint density at radius 3 is 2.89 bits per heavy atom. The molecule has 1 N–H and O–H groups in total. The molecule has 1 unspecified atom stereocenters. The number of benzene rings is 1. The molecule has 3 aromatic rings. The van der Waals surface area contributed by atoms with E-state index in [-0.39, 0.29) is 11.7 Å². The number of anilines is 2. The molecular weight excluding hydrogens is 377 g/mol. The van der Waals surface area contributed by atoms with Gasteiger partial charge in [0, 0.05) is 25.3 Å². The van der Waals surface area contributed by atoms with Crippen LogP contribution < -0.4 is 15.0 Å². The van der Waals surface area contributed by atoms with Gasteiger partial charge >= 0.3 is 6.36 Å². The maximum atomic E-state index is 12.8. The van der Waals surface area contributed by atoms with Crippen LogP contribution in [-0.4, -0.2) is 44.6 Å². The maximum absolute atomic E-state index is 12.8. The Balaban J connectivity index is 1.53. The topological polar surface area (TPSA) is 85.2 Å². The molecule has 1 atom stereocenters. The highest BCUT2D eigenvalue weighted by Crippen LogP contribution is 2.30. The van der Waals surface area contributed by atoms with Crippen LogP contribution in [0.15, 0.2) is 36.8 Å². The van der Waals surface area contributed by atoms with E-state index in [0.29, 0.717) is 35.5 Å². The highest BCUT2D eigenvalue weighted by atomic mass is 19.4. The summed E-state index contributed by atoms with van der Waals surface area (Å²) in [6, 6.07) is 4.79. The lowest BCUT2D eigenvalue weighted by Gasteiger charge is -2.19. The predicted molar refractivity (Wildman–Crippen MR) is 93.8 cm³/mol. The van der Waals surface area contributed by atoms with Crippen LogP contribution in [0.1, 0.15) is 6.42 Å². The zero-order valence-corrected chi connectivity index (χ0v) is 14.6. The van der Waals surface area contributed by atoms with E-state index in [4.69, 9.17) is 0 Å². The van der Waals surface area contributed by atoms with Crippen molar-refractivity contribution in [1.82, 2.24) is 19.7 Å². The Kier molecular flexibility index (Phi) is 4.28. The van der Waals surface area contributed by atoms with E-state index in [1.54, 1.807) is 24.0 Å². The number of amides is 1. The lowest BCUT2D eigenvalue weighted by atomic mass is 10.2. The lowest BCUT2D eigenvalue weighted by Crippen LogP contribution is -2.33. The Bertz CT molecular complexity index is 1040. The van der Waals surface area contributed by atoms with Crippen LogP contribution in [0.3, 0.4) is 0 Å². The number of nitrogens with one attached hydrogen (secondary N) is 1. The number of alkyl halides is 3. The average molecular weight is 392 g/mol. The SMILES string of the molecule is Cn1ncc2c(NC3CCN(c4cccc(OC(F)(F)F)c4)C3=O)ncnc21. The largest absolute Gasteiger partial charge is 0.573 e. The average Bonchev–Trinajstić information content (AvgIpc) is 3.18. The first-order valence-electron chi connectivity index (χ1n) is 8.38. The number of rotatable bonds is 4. The predicted octanol–water partition coefficient (Wildman–Crippen LogP) is 2.48. The van der Waals surface area contributed by atoms with Crippen molar-refractivity contribution in [2.75, 3.05) is 16.8 Å². The number of hydrogen-bond donors (Lipinski definition) is 1. The molecule has 146 valence electrons. The standard InChI is InChI=1S/C17H15F3N6O2/c1-25-15-12(8-23-25)14(21-9-22-15)24-13-5-6-26(16(13)27)10-3-2-4-11(7-10)28-17(18,19)20/h2-4,7-9,13H,5-6H2,1H3,(H,21,22,24). The number of halogens is 3. The van der Waals surface area contributed by atoms with Gasteiger partial charge in [0.25, 0.3) is 0 Å². The highest BCUT2D eigenvalue weighted by molar-refractivity contribution is 6.02. The summed E-state index contributed by atoms with van der Waals surface area (Å²) in [4.78, 5) is 22.5. The van der Waals surface area contributed by atoms with Crippen molar-refractivity contribution < 1.29 is 22.7 Å². The van der Waals surface area contributed by atoms with Crippen LogP contribution in [0.25, 0.3) is 11.0 Å². The number of aromatic nitrogens is 4. The fourth-order valence-corrected chi connectivity index (χ4v) is 3.16. The zero-order chi connectivity index (χ0) is 19.9. The molecule has 1 saturated heterocycles. The van der Waals surface area contributed by atoms with Crippen LogP contribution in [0, 0.1) is 0 Å². The minimum atomic E-state index is -4.79. The molecule has 1 fully saturated rings. The molecule has 4 rings (SSSR count). The number of aryl methyl sites for hydroxylation is 1. The highest BCUT2D eigenvalue weighted by Gasteiger charge is 2.34. The molecule has 0 spiro atoms. The summed E-state index contributed by atoms with van der Waals surface area (Å²) in [5.74, 6) is -0.158. The molecule has 3 heterocycles. The van der Waals surface area contributed by atoms with Crippen LogP contribution in [0.5, 0.6) is 5.75 Å². The van der Waals surface area contributed by atoms with Crippen molar-refractivity contribution in [2.45, 2.75) is 18.8 Å². The van der Waals surface area contributed by atoms with Gasteiger partial charge in [-0.3, -0.25) is 9.48 Å². The molecule has 0 aliphatic carbocycles. The van der Waals surface area contributed by atoms with Crippen LogP contribution in [0.2, 0.25) is 0 Å². The zero-order valence-electron chi connectivity index (χ0n) is 14.6. The number of ether oxygens (including phenoxy) is 1. The van der Waals surface area contributed by atoms with E-state index in [2.05, 4.69) is 25.1 Å². The normalized spacial score (nSPS) is 17.4. The van der Waals surface area contributed by atoms with Gasteiger partial charge in [0.1, 0.15) is 23.9 Å². The molecule has 0 radical (unpaired) electrons. The Morgan fingerprint density at radius 1 is 1.29 bits per heavy atom. The number of fused-ring (bicyclic) bond motifs is 1. The molecule has 0 saturated carbocycles. The first-order valence-corrected chi connectivity index (χ1v) is 8.38. The number of nitrogens with zero attached hydrogens (tertiary/aromatic N) is 5. The van der Waals surface area contributed by atoms with Crippen molar-refractivity contribution >= 4 is 28.4 Å². The summed E-state index contributed by atoms with van der Waals surface area (Å²) in [6.45, 7) is 0.354. The minimum Gasteiger partial charge on any atom is -0.406 e. The van der Waals surface area contributed by atoms with E-state index in [1.807, 2.05) is 0 Å². The molecule has 1 amide bonds. The third-order valence-electron chi connectivity index (χ3n) is 4.41. The Labute approximate surface area is 156 Å². The molecule has 28 heavy (non-hydrogen) atoms. The molecular formula is C17H15F3N6O2. The first kappa shape index (κ1) is 18.0. The summed E-state index contributed by atoms with van der Waals surface area (Å²) >= 11 is 0. The summed E-state index contributed by atoms with van der Waals surface area (Å²) in [7, 11) is 1.75. The molecule has 8 nitrogen and oxygen atoms in total. The van der Waals surface area contributed by atoms with Gasteiger partial charge in [0.05, 0.1) is 11.6 Å². The number of carbonyl (C=O) groups is 1. The number of carbonyl (C=O) groups excluding carboxylic acids is 1. The Hall–Kier alpha value is -3.37. The first-order chi connectivity index (χ1) is 13.3. The molecule has 11 heteroatoms. The summed E-state index contributed by atoms with van der Waals surface area (Å²) < 4.78 is 42.8. The van der Waals surface area contributed by atoms with Gasteiger partial charge in [-0.25, -0.2) is 9.97 Å². The van der Waals surface area contributed by atoms with Crippen molar-refractivity contribution in [3.63, 3.8) is 0 Å². The van der Waals surface area contributed by atoms with Gasteiger partial charge in [-0.2, -0.15) is 5.10 Å². The van der Waals surface area contributed by atoms with Gasteiger partial charge in [-0.1, -0.05) is 6.07 Å². The van der Waals surface area contributed by atoms with Gasteiger partial charge in [-0.05, 0) is 18.6 Å². The van der Waals surface area contributed by atoms with Crippen LogP contribution in [-0.2, 0) is 11.8 Å². The maximum Gasteiger partial charge on any atom is 0.573 e. The fraction of sp³-hybridized carbons (Fsp3) is 0.294. The molecule has 2 aromatic heterocycles. The quantitative estimate of drug-likeness (QED) is 0.734. The second-order valence-electron chi connectivity index (χ2n) is 6.25. The molecule has 1 aliphatic rings.